The Morgan fingerprint density at radius 3 is 1.41 bits per heavy atom. The molecule has 0 aromatic heterocycles. The molecule has 0 N–H and O–H groups in total. The van der Waals surface area contributed by atoms with Gasteiger partial charge in [0.15, 0.2) is 12.6 Å². The molecule has 0 atom stereocenters. The summed E-state index contributed by atoms with van der Waals surface area (Å²) in [7, 11) is 0. The second-order valence-corrected chi connectivity index (χ2v) is 6.11. The van der Waals surface area contributed by atoms with Crippen LogP contribution in [0.15, 0.2) is 12.1 Å². The summed E-state index contributed by atoms with van der Waals surface area (Å²) in [5.41, 5.74) is 3.61. The molecular formula is C20H30O2. The fourth-order valence-electron chi connectivity index (χ4n) is 2.88. The van der Waals surface area contributed by atoms with Crippen LogP contribution in [0.3, 0.4) is 0 Å². The van der Waals surface area contributed by atoms with Crippen molar-refractivity contribution in [3.05, 3.63) is 34.4 Å². The lowest BCUT2D eigenvalue weighted by atomic mass is 9.92. The number of aryl methyl sites for hydroxylation is 2. The molecule has 0 aliphatic rings. The molecule has 1 aromatic carbocycles. The van der Waals surface area contributed by atoms with Gasteiger partial charge in [-0.2, -0.15) is 0 Å². The van der Waals surface area contributed by atoms with Crippen molar-refractivity contribution in [3.63, 3.8) is 0 Å². The highest BCUT2D eigenvalue weighted by molar-refractivity contribution is 5.90. The molecule has 0 bridgehead atoms. The Kier molecular flexibility index (Phi) is 9.45. The number of aldehydes is 2. The van der Waals surface area contributed by atoms with Crippen molar-refractivity contribution in [1.82, 2.24) is 0 Å². The lowest BCUT2D eigenvalue weighted by molar-refractivity contribution is 0.109. The molecule has 1 aromatic rings. The van der Waals surface area contributed by atoms with E-state index in [9.17, 15) is 9.59 Å². The zero-order chi connectivity index (χ0) is 16.2. The predicted octanol–water partition coefficient (Wildman–Crippen LogP) is 5.56. The van der Waals surface area contributed by atoms with E-state index in [0.717, 1.165) is 38.3 Å². The molecular weight excluding hydrogens is 272 g/mol. The van der Waals surface area contributed by atoms with Crippen LogP contribution in [0.25, 0.3) is 0 Å². The SMILES string of the molecule is CCCCCCc1cc(C=O)c(C=O)cc1CCCCCC. The average molecular weight is 302 g/mol. The van der Waals surface area contributed by atoms with Gasteiger partial charge in [-0.3, -0.25) is 9.59 Å². The first kappa shape index (κ1) is 18.6. The van der Waals surface area contributed by atoms with E-state index in [1.54, 1.807) is 0 Å². The molecule has 0 saturated carbocycles. The van der Waals surface area contributed by atoms with E-state index in [0.29, 0.717) is 11.1 Å². The maximum absolute atomic E-state index is 11.2. The number of hydrogen-bond donors (Lipinski definition) is 0. The Labute approximate surface area is 135 Å². The Bertz CT molecular complexity index is 420. The Morgan fingerprint density at radius 2 is 1.09 bits per heavy atom. The molecule has 2 nitrogen and oxygen atoms in total. The third-order valence-corrected chi connectivity index (χ3v) is 4.26. The number of unbranched alkanes of at least 4 members (excludes halogenated alkanes) is 6. The van der Waals surface area contributed by atoms with Gasteiger partial charge in [-0.25, -0.2) is 0 Å². The van der Waals surface area contributed by atoms with Crippen molar-refractivity contribution in [3.8, 4) is 0 Å². The molecule has 0 aliphatic heterocycles. The van der Waals surface area contributed by atoms with Crippen LogP contribution in [0, 0.1) is 0 Å². The number of carbonyl (C=O) groups is 2. The van der Waals surface area contributed by atoms with E-state index >= 15 is 0 Å². The number of hydrogen-bond acceptors (Lipinski definition) is 2. The Morgan fingerprint density at radius 1 is 0.682 bits per heavy atom. The predicted molar refractivity (Wildman–Crippen MR) is 92.9 cm³/mol. The number of carbonyl (C=O) groups excluding carboxylic acids is 2. The van der Waals surface area contributed by atoms with Crippen molar-refractivity contribution in [2.24, 2.45) is 0 Å². The molecule has 0 saturated heterocycles. The van der Waals surface area contributed by atoms with Crippen molar-refractivity contribution in [2.45, 2.75) is 78.1 Å². The summed E-state index contributed by atoms with van der Waals surface area (Å²) in [4.78, 5) is 22.3. The summed E-state index contributed by atoms with van der Waals surface area (Å²) in [6, 6.07) is 3.88. The largest absolute Gasteiger partial charge is 0.298 e. The molecule has 122 valence electrons. The van der Waals surface area contributed by atoms with Crippen LogP contribution < -0.4 is 0 Å². The van der Waals surface area contributed by atoms with E-state index < -0.39 is 0 Å². The van der Waals surface area contributed by atoms with Crippen LogP contribution in [-0.2, 0) is 12.8 Å². The molecule has 0 heterocycles. The molecule has 0 unspecified atom stereocenters. The summed E-state index contributed by atoms with van der Waals surface area (Å²) in [5, 5.41) is 0. The van der Waals surface area contributed by atoms with Crippen LogP contribution in [0.2, 0.25) is 0 Å². The van der Waals surface area contributed by atoms with Crippen LogP contribution in [0.5, 0.6) is 0 Å². The monoisotopic (exact) mass is 302 g/mol. The van der Waals surface area contributed by atoms with Gasteiger partial charge in [0.05, 0.1) is 0 Å². The third kappa shape index (κ3) is 6.13. The second kappa shape index (κ2) is 11.2. The summed E-state index contributed by atoms with van der Waals surface area (Å²) < 4.78 is 0. The van der Waals surface area contributed by atoms with Crippen LogP contribution in [-0.4, -0.2) is 12.6 Å². The molecule has 0 radical (unpaired) electrons. The summed E-state index contributed by atoms with van der Waals surface area (Å²) >= 11 is 0. The van der Waals surface area contributed by atoms with E-state index in [2.05, 4.69) is 13.8 Å². The smallest absolute Gasteiger partial charge is 0.150 e. The first-order valence-corrected chi connectivity index (χ1v) is 8.82. The van der Waals surface area contributed by atoms with Gasteiger partial charge in [-0.1, -0.05) is 52.4 Å². The minimum atomic E-state index is 0.540. The molecule has 22 heavy (non-hydrogen) atoms. The van der Waals surface area contributed by atoms with Gasteiger partial charge in [0, 0.05) is 11.1 Å². The normalized spacial score (nSPS) is 10.6. The van der Waals surface area contributed by atoms with Gasteiger partial charge < -0.3 is 0 Å². The minimum absolute atomic E-state index is 0.540. The van der Waals surface area contributed by atoms with E-state index in [1.807, 2.05) is 12.1 Å². The van der Waals surface area contributed by atoms with Crippen molar-refractivity contribution < 1.29 is 9.59 Å². The van der Waals surface area contributed by atoms with Crippen molar-refractivity contribution in [1.29, 1.82) is 0 Å². The maximum atomic E-state index is 11.2. The zero-order valence-corrected chi connectivity index (χ0v) is 14.2. The first-order chi connectivity index (χ1) is 10.8. The van der Waals surface area contributed by atoms with Gasteiger partial charge in [0.2, 0.25) is 0 Å². The quantitative estimate of drug-likeness (QED) is 0.374. The molecule has 1 rings (SSSR count). The zero-order valence-electron chi connectivity index (χ0n) is 14.2. The topological polar surface area (TPSA) is 34.1 Å². The Balaban J connectivity index is 2.82. The van der Waals surface area contributed by atoms with Crippen LogP contribution in [0.4, 0.5) is 0 Å². The lowest BCUT2D eigenvalue weighted by Gasteiger charge is -2.12. The van der Waals surface area contributed by atoms with Gasteiger partial charge in [-0.15, -0.1) is 0 Å². The second-order valence-electron chi connectivity index (χ2n) is 6.11. The Hall–Kier alpha value is -1.44. The highest BCUT2D eigenvalue weighted by Crippen LogP contribution is 2.20. The van der Waals surface area contributed by atoms with Gasteiger partial charge in [0.1, 0.15) is 0 Å². The maximum Gasteiger partial charge on any atom is 0.150 e. The molecule has 0 fully saturated rings. The fraction of sp³-hybridized carbons (Fsp3) is 0.600. The third-order valence-electron chi connectivity index (χ3n) is 4.26. The number of benzene rings is 1. The lowest BCUT2D eigenvalue weighted by Crippen LogP contribution is -2.01. The number of rotatable bonds is 12. The van der Waals surface area contributed by atoms with Gasteiger partial charge in [-0.05, 0) is 48.9 Å². The highest BCUT2D eigenvalue weighted by Gasteiger charge is 2.09. The average Bonchev–Trinajstić information content (AvgIpc) is 2.55. The van der Waals surface area contributed by atoms with E-state index in [-0.39, 0.29) is 0 Å². The van der Waals surface area contributed by atoms with Crippen LogP contribution in [0.1, 0.15) is 97.1 Å². The first-order valence-electron chi connectivity index (χ1n) is 8.82. The molecule has 0 aliphatic carbocycles. The summed E-state index contributed by atoms with van der Waals surface area (Å²) in [6.45, 7) is 4.42. The molecule has 0 spiro atoms. The molecule has 0 amide bonds. The highest BCUT2D eigenvalue weighted by atomic mass is 16.1. The van der Waals surface area contributed by atoms with E-state index in [1.165, 1.54) is 49.7 Å². The van der Waals surface area contributed by atoms with Gasteiger partial charge in [0.25, 0.3) is 0 Å². The minimum Gasteiger partial charge on any atom is -0.298 e. The summed E-state index contributed by atoms with van der Waals surface area (Å²) in [5.74, 6) is 0. The fourth-order valence-corrected chi connectivity index (χ4v) is 2.88. The van der Waals surface area contributed by atoms with Crippen molar-refractivity contribution >= 4 is 12.6 Å². The van der Waals surface area contributed by atoms with Crippen molar-refractivity contribution in [2.75, 3.05) is 0 Å². The van der Waals surface area contributed by atoms with Gasteiger partial charge >= 0.3 is 0 Å². The summed E-state index contributed by atoms with van der Waals surface area (Å²) in [6.07, 6.45) is 13.4. The van der Waals surface area contributed by atoms with Crippen LogP contribution >= 0.6 is 0 Å². The molecule has 2 heteroatoms. The standard InChI is InChI=1S/C20H30O2/c1-3-5-7-9-11-17-13-19(15-21)20(16-22)14-18(17)12-10-8-6-4-2/h13-16H,3-12H2,1-2H3. The van der Waals surface area contributed by atoms with E-state index in [4.69, 9.17) is 0 Å².